The molecule has 7 nitrogen and oxygen atoms in total. The van der Waals surface area contributed by atoms with Gasteiger partial charge in [0.2, 0.25) is 0 Å². The van der Waals surface area contributed by atoms with Crippen molar-refractivity contribution in [2.75, 3.05) is 13.4 Å². The van der Waals surface area contributed by atoms with Crippen LogP contribution < -0.4 is 0 Å². The van der Waals surface area contributed by atoms with Gasteiger partial charge >= 0.3 is 5.97 Å². The van der Waals surface area contributed by atoms with E-state index in [4.69, 9.17) is 0 Å². The Bertz CT molecular complexity index is 478. The maximum atomic E-state index is 11.1. The molecule has 0 aliphatic heterocycles. The van der Waals surface area contributed by atoms with Crippen molar-refractivity contribution in [3.8, 4) is 0 Å². The van der Waals surface area contributed by atoms with Crippen molar-refractivity contribution in [3.63, 3.8) is 0 Å². The van der Waals surface area contributed by atoms with Gasteiger partial charge in [0.15, 0.2) is 15.9 Å². The number of rotatable bonds is 4. The lowest BCUT2D eigenvalue weighted by Crippen LogP contribution is -2.27. The van der Waals surface area contributed by atoms with Gasteiger partial charge in [-0.05, 0) is 0 Å². The molecule has 0 saturated heterocycles. The lowest BCUT2D eigenvalue weighted by Gasteiger charge is -2.07. The number of hydrogen-bond donors (Lipinski definition) is 1. The zero-order valence-corrected chi connectivity index (χ0v) is 9.64. The topological polar surface area (TPSA) is 98.5 Å². The molecule has 0 fully saturated rings. The molecule has 0 spiro atoms. The first-order valence-electron chi connectivity index (χ1n) is 4.33. The van der Waals surface area contributed by atoms with Gasteiger partial charge in [-0.3, -0.25) is 4.68 Å². The van der Waals surface area contributed by atoms with Crippen molar-refractivity contribution in [2.24, 2.45) is 0 Å². The van der Waals surface area contributed by atoms with Crippen molar-refractivity contribution in [3.05, 3.63) is 12.4 Å². The Labute approximate surface area is 92.6 Å². The predicted molar refractivity (Wildman–Crippen MR) is 53.4 cm³/mol. The minimum atomic E-state index is -3.32. The van der Waals surface area contributed by atoms with Crippen LogP contribution >= 0.6 is 0 Å². The van der Waals surface area contributed by atoms with E-state index < -0.39 is 21.9 Å². The molecule has 0 saturated carbocycles. The molecule has 8 heteroatoms. The summed E-state index contributed by atoms with van der Waals surface area (Å²) in [6.45, 7) is -0.151. The van der Waals surface area contributed by atoms with Gasteiger partial charge in [-0.2, -0.15) is 5.10 Å². The van der Waals surface area contributed by atoms with E-state index in [2.05, 4.69) is 9.84 Å². The van der Waals surface area contributed by atoms with Crippen LogP contribution in [0.4, 0.5) is 0 Å². The van der Waals surface area contributed by atoms with Crippen LogP contribution in [0.3, 0.4) is 0 Å². The molecule has 0 amide bonds. The molecule has 0 bridgehead atoms. The van der Waals surface area contributed by atoms with Crippen LogP contribution in [-0.2, 0) is 25.9 Å². The van der Waals surface area contributed by atoms with E-state index in [-0.39, 0.29) is 11.4 Å². The number of aromatic nitrogens is 2. The van der Waals surface area contributed by atoms with E-state index in [0.29, 0.717) is 0 Å². The zero-order chi connectivity index (χ0) is 12.3. The maximum Gasteiger partial charge on any atom is 0.336 e. The van der Waals surface area contributed by atoms with Crippen molar-refractivity contribution in [1.29, 1.82) is 0 Å². The number of methoxy groups -OCH3 is 1. The molecule has 0 radical (unpaired) electrons. The second-order valence-electron chi connectivity index (χ2n) is 3.21. The van der Waals surface area contributed by atoms with Crippen LogP contribution in [0, 0.1) is 0 Å². The minimum Gasteiger partial charge on any atom is -0.467 e. The molecule has 1 atom stereocenters. The van der Waals surface area contributed by atoms with Crippen molar-refractivity contribution < 1.29 is 23.1 Å². The number of carbonyl (C=O) groups excluding carboxylic acids is 1. The highest BCUT2D eigenvalue weighted by molar-refractivity contribution is 7.90. The number of aliphatic hydroxyl groups is 1. The quantitative estimate of drug-likeness (QED) is 0.673. The monoisotopic (exact) mass is 248 g/mol. The Kier molecular flexibility index (Phi) is 3.66. The van der Waals surface area contributed by atoms with Gasteiger partial charge in [0, 0.05) is 12.5 Å². The van der Waals surface area contributed by atoms with Gasteiger partial charge in [-0.25, -0.2) is 13.2 Å². The standard InChI is InChI=1S/C8H12N2O5S/c1-15-8(12)7(11)5-10-4-6(3-9-10)16(2,13)14/h3-4,7,11H,5H2,1-2H3. The molecule has 0 aliphatic carbocycles. The molecule has 1 N–H and O–H groups in total. The fourth-order valence-electron chi connectivity index (χ4n) is 1.02. The van der Waals surface area contributed by atoms with Crippen molar-refractivity contribution in [1.82, 2.24) is 9.78 Å². The third-order valence-corrected chi connectivity index (χ3v) is 2.94. The fraction of sp³-hybridized carbons (Fsp3) is 0.500. The van der Waals surface area contributed by atoms with Crippen LogP contribution in [0.15, 0.2) is 17.3 Å². The molecule has 1 unspecified atom stereocenters. The molecule has 1 aromatic heterocycles. The minimum absolute atomic E-state index is 0.0320. The van der Waals surface area contributed by atoms with Crippen LogP contribution in [0.25, 0.3) is 0 Å². The molecule has 16 heavy (non-hydrogen) atoms. The molecule has 0 aromatic carbocycles. The van der Waals surface area contributed by atoms with Gasteiger partial charge in [-0.1, -0.05) is 0 Å². The number of sulfone groups is 1. The summed E-state index contributed by atoms with van der Waals surface area (Å²) in [5, 5.41) is 13.0. The van der Waals surface area contributed by atoms with E-state index in [0.717, 1.165) is 24.2 Å². The van der Waals surface area contributed by atoms with Gasteiger partial charge in [0.1, 0.15) is 4.90 Å². The van der Waals surface area contributed by atoms with E-state index in [1.54, 1.807) is 0 Å². The number of esters is 1. The van der Waals surface area contributed by atoms with Crippen LogP contribution in [0.1, 0.15) is 0 Å². The first-order valence-corrected chi connectivity index (χ1v) is 6.22. The Morgan fingerprint density at radius 3 is 2.75 bits per heavy atom. The summed E-state index contributed by atoms with van der Waals surface area (Å²) in [7, 11) is -2.18. The number of hydrogen-bond acceptors (Lipinski definition) is 6. The van der Waals surface area contributed by atoms with E-state index in [1.807, 2.05) is 0 Å². The predicted octanol–water partition coefficient (Wildman–Crippen LogP) is -1.18. The summed E-state index contributed by atoms with van der Waals surface area (Å²) in [6, 6.07) is 0. The Morgan fingerprint density at radius 1 is 1.69 bits per heavy atom. The number of aliphatic hydroxyl groups excluding tert-OH is 1. The largest absolute Gasteiger partial charge is 0.467 e. The first kappa shape index (κ1) is 12.7. The third kappa shape index (κ3) is 3.04. The second-order valence-corrected chi connectivity index (χ2v) is 5.22. The summed E-state index contributed by atoms with van der Waals surface area (Å²) >= 11 is 0. The Hall–Kier alpha value is -1.41. The average Bonchev–Trinajstić information content (AvgIpc) is 2.64. The van der Waals surface area contributed by atoms with E-state index in [9.17, 15) is 18.3 Å². The SMILES string of the molecule is COC(=O)C(O)Cn1cc(S(C)(=O)=O)cn1. The number of ether oxygens (including phenoxy) is 1. The van der Waals surface area contributed by atoms with Crippen LogP contribution in [0.2, 0.25) is 0 Å². The zero-order valence-electron chi connectivity index (χ0n) is 8.82. The fourth-order valence-corrected chi connectivity index (χ4v) is 1.58. The van der Waals surface area contributed by atoms with Crippen molar-refractivity contribution in [2.45, 2.75) is 17.5 Å². The smallest absolute Gasteiger partial charge is 0.336 e. The molecular formula is C8H12N2O5S. The summed E-state index contributed by atoms with van der Waals surface area (Å²) in [6.07, 6.45) is 2.07. The summed E-state index contributed by atoms with van der Waals surface area (Å²) in [4.78, 5) is 10.9. The van der Waals surface area contributed by atoms with Gasteiger partial charge in [0.05, 0.1) is 19.9 Å². The number of nitrogens with zero attached hydrogens (tertiary/aromatic N) is 2. The van der Waals surface area contributed by atoms with Crippen LogP contribution in [0.5, 0.6) is 0 Å². The normalized spacial score (nSPS) is 13.4. The van der Waals surface area contributed by atoms with Crippen LogP contribution in [-0.4, -0.2) is 48.7 Å². The molecule has 1 aromatic rings. The van der Waals surface area contributed by atoms with E-state index in [1.165, 1.54) is 6.20 Å². The lowest BCUT2D eigenvalue weighted by molar-refractivity contribution is -0.151. The highest BCUT2D eigenvalue weighted by Gasteiger charge is 2.17. The van der Waals surface area contributed by atoms with Gasteiger partial charge in [-0.15, -0.1) is 0 Å². The molecular weight excluding hydrogens is 236 g/mol. The summed E-state index contributed by atoms with van der Waals surface area (Å²) < 4.78 is 27.7. The van der Waals surface area contributed by atoms with Gasteiger partial charge < -0.3 is 9.84 Å². The maximum absolute atomic E-state index is 11.1. The lowest BCUT2D eigenvalue weighted by atomic mass is 10.4. The summed E-state index contributed by atoms with van der Waals surface area (Å²) in [5.41, 5.74) is 0. The highest BCUT2D eigenvalue weighted by atomic mass is 32.2. The molecule has 1 heterocycles. The molecule has 90 valence electrons. The van der Waals surface area contributed by atoms with Crippen molar-refractivity contribution >= 4 is 15.8 Å². The summed E-state index contributed by atoms with van der Waals surface area (Å²) in [5.74, 6) is -0.795. The second kappa shape index (κ2) is 4.62. The average molecular weight is 248 g/mol. The highest BCUT2D eigenvalue weighted by Crippen LogP contribution is 2.06. The Balaban J connectivity index is 2.77. The number of carbonyl (C=O) groups is 1. The molecule has 1 rings (SSSR count). The van der Waals surface area contributed by atoms with E-state index >= 15 is 0 Å². The Morgan fingerprint density at radius 2 is 2.31 bits per heavy atom. The molecule has 0 aliphatic rings. The van der Waals surface area contributed by atoms with Gasteiger partial charge in [0.25, 0.3) is 0 Å². The third-order valence-electron chi connectivity index (χ3n) is 1.87. The first-order chi connectivity index (χ1) is 7.34.